The van der Waals surface area contributed by atoms with Gasteiger partial charge in [-0.05, 0) is 24.9 Å². The smallest absolute Gasteiger partial charge is 0.330 e. The summed E-state index contributed by atoms with van der Waals surface area (Å²) in [5.41, 5.74) is 5.90. The summed E-state index contributed by atoms with van der Waals surface area (Å²) in [5, 5.41) is 11.6. The maximum absolute atomic E-state index is 11.6. The largest absolute Gasteiger partial charge is 0.479 e. The molecule has 1 atom stereocenters. The Kier molecular flexibility index (Phi) is 5.87. The molecule has 5 nitrogen and oxygen atoms in total. The Bertz CT molecular complexity index is 392. The van der Waals surface area contributed by atoms with Crippen molar-refractivity contribution in [2.24, 2.45) is 5.73 Å². The van der Waals surface area contributed by atoms with Crippen LogP contribution in [0.4, 0.5) is 0 Å². The molecule has 0 heterocycles. The van der Waals surface area contributed by atoms with Crippen molar-refractivity contribution < 1.29 is 14.7 Å². The number of carbonyl (C=O) groups is 2. The molecule has 1 rings (SSSR count). The monoisotopic (exact) mass is 250 g/mol. The highest BCUT2D eigenvalue weighted by molar-refractivity contribution is 5.84. The average Bonchev–Trinajstić information content (AvgIpc) is 2.37. The molecule has 0 fully saturated rings. The lowest BCUT2D eigenvalue weighted by Crippen LogP contribution is -2.33. The highest BCUT2D eigenvalue weighted by Gasteiger charge is 2.21. The van der Waals surface area contributed by atoms with Crippen LogP contribution >= 0.6 is 0 Å². The van der Waals surface area contributed by atoms with Gasteiger partial charge in [-0.3, -0.25) is 4.79 Å². The van der Waals surface area contributed by atoms with Crippen LogP contribution in [0.2, 0.25) is 0 Å². The first-order chi connectivity index (χ1) is 8.65. The van der Waals surface area contributed by atoms with E-state index in [1.165, 1.54) is 0 Å². The van der Waals surface area contributed by atoms with E-state index in [9.17, 15) is 9.59 Å². The topological polar surface area (TPSA) is 92.4 Å². The molecule has 1 aromatic carbocycles. The summed E-state index contributed by atoms with van der Waals surface area (Å²) in [4.78, 5) is 22.7. The second kappa shape index (κ2) is 7.45. The third kappa shape index (κ3) is 4.55. The minimum atomic E-state index is -1.06. The highest BCUT2D eigenvalue weighted by Crippen LogP contribution is 2.13. The Morgan fingerprint density at radius 1 is 1.22 bits per heavy atom. The Labute approximate surface area is 106 Å². The van der Waals surface area contributed by atoms with Crippen molar-refractivity contribution in [3.63, 3.8) is 0 Å². The van der Waals surface area contributed by atoms with Gasteiger partial charge in [-0.1, -0.05) is 30.3 Å². The molecule has 0 radical (unpaired) electrons. The summed E-state index contributed by atoms with van der Waals surface area (Å²) < 4.78 is 0. The summed E-state index contributed by atoms with van der Waals surface area (Å²) in [6.07, 6.45) is 1.73. The number of rotatable bonds is 7. The molecule has 1 unspecified atom stereocenters. The van der Waals surface area contributed by atoms with Gasteiger partial charge in [0.15, 0.2) is 6.04 Å². The van der Waals surface area contributed by atoms with Crippen LogP contribution in [0.15, 0.2) is 30.3 Å². The molecule has 0 aromatic heterocycles. The number of aliphatic carboxylic acids is 1. The maximum atomic E-state index is 11.6. The van der Waals surface area contributed by atoms with Gasteiger partial charge < -0.3 is 16.2 Å². The minimum absolute atomic E-state index is 0.264. The number of hydrogen-bond donors (Lipinski definition) is 3. The summed E-state index contributed by atoms with van der Waals surface area (Å²) in [6, 6.07) is 7.65. The molecule has 1 amide bonds. The Morgan fingerprint density at radius 2 is 1.89 bits per heavy atom. The van der Waals surface area contributed by atoms with Crippen LogP contribution in [0.25, 0.3) is 0 Å². The Balaban J connectivity index is 2.59. The van der Waals surface area contributed by atoms with E-state index >= 15 is 0 Å². The highest BCUT2D eigenvalue weighted by atomic mass is 16.4. The first-order valence-corrected chi connectivity index (χ1v) is 5.92. The Hall–Kier alpha value is -1.88. The second-order valence-electron chi connectivity index (χ2n) is 4.00. The SMILES string of the molecule is NCCCCC(=O)NC(C(=O)O)c1ccccc1. The minimum Gasteiger partial charge on any atom is -0.479 e. The molecule has 4 N–H and O–H groups in total. The van der Waals surface area contributed by atoms with Crippen LogP contribution in [0.1, 0.15) is 30.9 Å². The molecule has 0 bridgehead atoms. The second-order valence-corrected chi connectivity index (χ2v) is 4.00. The van der Waals surface area contributed by atoms with E-state index in [0.717, 1.165) is 6.42 Å². The van der Waals surface area contributed by atoms with E-state index in [1.54, 1.807) is 30.3 Å². The number of carbonyl (C=O) groups excluding carboxylic acids is 1. The molecule has 18 heavy (non-hydrogen) atoms. The van der Waals surface area contributed by atoms with Gasteiger partial charge in [0.1, 0.15) is 0 Å². The van der Waals surface area contributed by atoms with Gasteiger partial charge >= 0.3 is 5.97 Å². The molecule has 0 saturated heterocycles. The van der Waals surface area contributed by atoms with Crippen molar-refractivity contribution in [1.29, 1.82) is 0 Å². The van der Waals surface area contributed by atoms with Gasteiger partial charge in [-0.2, -0.15) is 0 Å². The first kappa shape index (κ1) is 14.2. The summed E-state index contributed by atoms with van der Waals surface area (Å²) in [6.45, 7) is 0.536. The number of carboxylic acid groups (broad SMARTS) is 1. The Morgan fingerprint density at radius 3 is 2.44 bits per heavy atom. The quantitative estimate of drug-likeness (QED) is 0.631. The maximum Gasteiger partial charge on any atom is 0.330 e. The number of carboxylic acids is 1. The lowest BCUT2D eigenvalue weighted by atomic mass is 10.1. The fourth-order valence-corrected chi connectivity index (χ4v) is 1.60. The van der Waals surface area contributed by atoms with Crippen LogP contribution in [-0.4, -0.2) is 23.5 Å². The average molecular weight is 250 g/mol. The van der Waals surface area contributed by atoms with Crippen molar-refractivity contribution in [3.8, 4) is 0 Å². The molecule has 0 spiro atoms. The normalized spacial score (nSPS) is 11.8. The number of unbranched alkanes of at least 4 members (excludes halogenated alkanes) is 1. The third-order valence-corrected chi connectivity index (χ3v) is 2.54. The van der Waals surface area contributed by atoms with Crippen LogP contribution in [0.3, 0.4) is 0 Å². The van der Waals surface area contributed by atoms with E-state index in [4.69, 9.17) is 10.8 Å². The number of nitrogens with one attached hydrogen (secondary N) is 1. The molecule has 0 aliphatic heterocycles. The van der Waals surface area contributed by atoms with E-state index in [1.807, 2.05) is 0 Å². The van der Waals surface area contributed by atoms with E-state index in [0.29, 0.717) is 24.9 Å². The molecule has 98 valence electrons. The lowest BCUT2D eigenvalue weighted by Gasteiger charge is -2.14. The predicted molar refractivity (Wildman–Crippen MR) is 67.9 cm³/mol. The zero-order chi connectivity index (χ0) is 13.4. The standard InChI is InChI=1S/C13H18N2O3/c14-9-5-4-8-11(16)15-12(13(17)18)10-6-2-1-3-7-10/h1-3,6-7,12H,4-5,8-9,14H2,(H,15,16)(H,17,18). The fraction of sp³-hybridized carbons (Fsp3) is 0.385. The third-order valence-electron chi connectivity index (χ3n) is 2.54. The fourth-order valence-electron chi connectivity index (χ4n) is 1.60. The zero-order valence-corrected chi connectivity index (χ0v) is 10.1. The van der Waals surface area contributed by atoms with Gasteiger partial charge in [0.25, 0.3) is 0 Å². The summed E-state index contributed by atoms with van der Waals surface area (Å²) in [5.74, 6) is -1.33. The molecular weight excluding hydrogens is 232 g/mol. The number of benzene rings is 1. The molecule has 0 saturated carbocycles. The zero-order valence-electron chi connectivity index (χ0n) is 10.1. The van der Waals surface area contributed by atoms with Crippen molar-refractivity contribution in [2.45, 2.75) is 25.3 Å². The van der Waals surface area contributed by atoms with Gasteiger partial charge in [0.05, 0.1) is 0 Å². The van der Waals surface area contributed by atoms with Crippen molar-refractivity contribution in [3.05, 3.63) is 35.9 Å². The van der Waals surface area contributed by atoms with Crippen LogP contribution in [0, 0.1) is 0 Å². The van der Waals surface area contributed by atoms with Crippen LogP contribution in [-0.2, 0) is 9.59 Å². The number of amides is 1. The molecule has 1 aromatic rings. The van der Waals surface area contributed by atoms with Crippen LogP contribution < -0.4 is 11.1 Å². The first-order valence-electron chi connectivity index (χ1n) is 5.92. The predicted octanol–water partition coefficient (Wildman–Crippen LogP) is 1.06. The number of nitrogens with two attached hydrogens (primary N) is 1. The lowest BCUT2D eigenvalue weighted by molar-refractivity contribution is -0.142. The number of hydrogen-bond acceptors (Lipinski definition) is 3. The van der Waals surface area contributed by atoms with Crippen molar-refractivity contribution >= 4 is 11.9 Å². The van der Waals surface area contributed by atoms with E-state index < -0.39 is 12.0 Å². The van der Waals surface area contributed by atoms with Gasteiger partial charge in [0.2, 0.25) is 5.91 Å². The van der Waals surface area contributed by atoms with Gasteiger partial charge in [-0.25, -0.2) is 4.79 Å². The van der Waals surface area contributed by atoms with Crippen molar-refractivity contribution in [2.75, 3.05) is 6.54 Å². The van der Waals surface area contributed by atoms with Crippen molar-refractivity contribution in [1.82, 2.24) is 5.32 Å². The molecular formula is C13H18N2O3. The summed E-state index contributed by atoms with van der Waals surface area (Å²) in [7, 11) is 0. The molecule has 0 aliphatic carbocycles. The van der Waals surface area contributed by atoms with Gasteiger partial charge in [-0.15, -0.1) is 0 Å². The van der Waals surface area contributed by atoms with E-state index in [-0.39, 0.29) is 5.91 Å². The summed E-state index contributed by atoms with van der Waals surface area (Å²) >= 11 is 0. The van der Waals surface area contributed by atoms with Crippen LogP contribution in [0.5, 0.6) is 0 Å². The van der Waals surface area contributed by atoms with E-state index in [2.05, 4.69) is 5.32 Å². The van der Waals surface area contributed by atoms with Gasteiger partial charge in [0, 0.05) is 6.42 Å². The molecule has 5 heteroatoms. The molecule has 0 aliphatic rings.